The number of nitrogens with one attached hydrogen (secondary N) is 1. The van der Waals surface area contributed by atoms with Gasteiger partial charge in [0.2, 0.25) is 0 Å². The van der Waals surface area contributed by atoms with Crippen LogP contribution in [0, 0.1) is 0 Å². The highest BCUT2D eigenvalue weighted by Gasteiger charge is 2.10. The number of hydrogen-bond acceptors (Lipinski definition) is 4. The minimum Gasteiger partial charge on any atom is -0.308 e. The van der Waals surface area contributed by atoms with Crippen molar-refractivity contribution in [2.45, 2.75) is 19.4 Å². The number of aromatic nitrogens is 3. The van der Waals surface area contributed by atoms with Crippen molar-refractivity contribution in [1.29, 1.82) is 0 Å². The van der Waals surface area contributed by atoms with Crippen molar-refractivity contribution >= 4 is 21.6 Å². The van der Waals surface area contributed by atoms with Crippen LogP contribution in [0.25, 0.3) is 10.2 Å². The first-order chi connectivity index (χ1) is 9.72. The number of para-hydroxylation sites is 1. The Morgan fingerprint density at radius 3 is 2.90 bits per heavy atom. The molecule has 0 fully saturated rings. The number of nitrogens with zero attached hydrogens (tertiary/aromatic N) is 3. The van der Waals surface area contributed by atoms with Crippen molar-refractivity contribution in [3.63, 3.8) is 0 Å². The zero-order valence-corrected chi connectivity index (χ0v) is 12.5. The fourth-order valence-electron chi connectivity index (χ4n) is 2.18. The summed E-state index contributed by atoms with van der Waals surface area (Å²) in [6.07, 6.45) is 2.92. The van der Waals surface area contributed by atoms with Gasteiger partial charge in [-0.05, 0) is 25.1 Å². The Morgan fingerprint density at radius 1 is 1.30 bits per heavy atom. The highest BCUT2D eigenvalue weighted by Crippen LogP contribution is 2.25. The number of thiazole rings is 1. The van der Waals surface area contributed by atoms with Gasteiger partial charge in [0.15, 0.2) is 0 Å². The maximum atomic E-state index is 4.68. The minimum atomic E-state index is 0.274. The summed E-state index contributed by atoms with van der Waals surface area (Å²) < 4.78 is 3.09. The van der Waals surface area contributed by atoms with Crippen molar-refractivity contribution in [3.05, 3.63) is 47.2 Å². The summed E-state index contributed by atoms with van der Waals surface area (Å²) in [6, 6.07) is 10.6. The van der Waals surface area contributed by atoms with Gasteiger partial charge < -0.3 is 5.32 Å². The van der Waals surface area contributed by atoms with E-state index in [4.69, 9.17) is 0 Å². The molecular formula is C15H18N4S. The zero-order chi connectivity index (χ0) is 13.9. The van der Waals surface area contributed by atoms with Crippen molar-refractivity contribution in [2.75, 3.05) is 6.54 Å². The van der Waals surface area contributed by atoms with Crippen molar-refractivity contribution in [3.8, 4) is 0 Å². The van der Waals surface area contributed by atoms with Gasteiger partial charge in [0.05, 0.1) is 22.0 Å². The van der Waals surface area contributed by atoms with Crippen LogP contribution < -0.4 is 5.32 Å². The monoisotopic (exact) mass is 286 g/mol. The van der Waals surface area contributed by atoms with Gasteiger partial charge in [0.1, 0.15) is 5.01 Å². The predicted octanol–water partition coefficient (Wildman–Crippen LogP) is 2.92. The molecular weight excluding hydrogens is 268 g/mol. The molecule has 2 heterocycles. The quantitative estimate of drug-likeness (QED) is 0.784. The van der Waals surface area contributed by atoms with Crippen LogP contribution in [0.5, 0.6) is 0 Å². The Bertz CT molecular complexity index is 668. The molecule has 0 aliphatic heterocycles. The summed E-state index contributed by atoms with van der Waals surface area (Å²) in [6.45, 7) is 3.07. The van der Waals surface area contributed by atoms with E-state index in [1.54, 1.807) is 11.3 Å². The number of hydrogen-bond donors (Lipinski definition) is 1. The molecule has 0 bridgehead atoms. The van der Waals surface area contributed by atoms with Crippen molar-refractivity contribution < 1.29 is 0 Å². The van der Waals surface area contributed by atoms with Crippen molar-refractivity contribution in [1.82, 2.24) is 20.1 Å². The molecule has 1 N–H and O–H groups in total. The fourth-order valence-corrected chi connectivity index (χ4v) is 3.17. The normalized spacial score (nSPS) is 12.9. The van der Waals surface area contributed by atoms with Gasteiger partial charge in [0, 0.05) is 26.2 Å². The third-order valence-corrected chi connectivity index (χ3v) is 4.50. The van der Waals surface area contributed by atoms with Gasteiger partial charge >= 0.3 is 0 Å². The molecule has 2 aromatic heterocycles. The number of benzene rings is 1. The topological polar surface area (TPSA) is 42.7 Å². The van der Waals surface area contributed by atoms with Gasteiger partial charge in [-0.1, -0.05) is 12.1 Å². The van der Waals surface area contributed by atoms with Gasteiger partial charge in [-0.15, -0.1) is 11.3 Å². The van der Waals surface area contributed by atoms with E-state index in [-0.39, 0.29) is 6.04 Å². The molecule has 1 aromatic carbocycles. The first kappa shape index (κ1) is 13.3. The lowest BCUT2D eigenvalue weighted by molar-refractivity contribution is 0.569. The second-order valence-electron chi connectivity index (χ2n) is 4.93. The van der Waals surface area contributed by atoms with Gasteiger partial charge in [-0.2, -0.15) is 5.10 Å². The lowest BCUT2D eigenvalue weighted by Crippen LogP contribution is -2.21. The first-order valence-corrected chi connectivity index (χ1v) is 7.61. The second-order valence-corrected chi connectivity index (χ2v) is 5.99. The Hall–Kier alpha value is -1.72. The maximum absolute atomic E-state index is 4.68. The molecule has 0 radical (unpaired) electrons. The molecule has 3 rings (SSSR count). The summed E-state index contributed by atoms with van der Waals surface area (Å²) in [5.74, 6) is 0. The molecule has 4 nitrogen and oxygen atoms in total. The number of rotatable bonds is 5. The van der Waals surface area contributed by atoms with Crippen LogP contribution in [0.15, 0.2) is 36.5 Å². The second kappa shape index (κ2) is 5.73. The molecule has 5 heteroatoms. The van der Waals surface area contributed by atoms with E-state index in [0.717, 1.165) is 29.2 Å². The molecule has 3 aromatic rings. The van der Waals surface area contributed by atoms with Gasteiger partial charge in [0.25, 0.3) is 0 Å². The zero-order valence-electron chi connectivity index (χ0n) is 11.7. The minimum absolute atomic E-state index is 0.274. The molecule has 0 aliphatic carbocycles. The van der Waals surface area contributed by atoms with Crippen LogP contribution in [0.4, 0.5) is 0 Å². The average molecular weight is 286 g/mol. The standard InChI is InChI=1S/C15H18N4S/c1-11(16-9-7-12-8-10-19(2)18-12)15-17-13-5-3-4-6-14(13)20-15/h3-6,8,10-11,16H,7,9H2,1-2H3. The summed E-state index contributed by atoms with van der Waals surface area (Å²) >= 11 is 1.76. The molecule has 0 aliphatic rings. The van der Waals surface area contributed by atoms with Crippen molar-refractivity contribution in [2.24, 2.45) is 7.05 Å². The summed E-state index contributed by atoms with van der Waals surface area (Å²) in [7, 11) is 1.95. The number of aryl methyl sites for hydroxylation is 1. The summed E-state index contributed by atoms with van der Waals surface area (Å²) in [4.78, 5) is 4.68. The van der Waals surface area contributed by atoms with E-state index in [9.17, 15) is 0 Å². The van der Waals surface area contributed by atoms with Gasteiger partial charge in [-0.3, -0.25) is 4.68 Å². The fraction of sp³-hybridized carbons (Fsp3) is 0.333. The van der Waals surface area contributed by atoms with E-state index in [0.29, 0.717) is 0 Å². The molecule has 1 atom stereocenters. The third kappa shape index (κ3) is 2.89. The van der Waals surface area contributed by atoms with Crippen LogP contribution in [-0.2, 0) is 13.5 Å². The SMILES string of the molecule is CC(NCCc1ccn(C)n1)c1nc2ccccc2s1. The number of fused-ring (bicyclic) bond motifs is 1. The molecule has 104 valence electrons. The largest absolute Gasteiger partial charge is 0.308 e. The average Bonchev–Trinajstić information content (AvgIpc) is 3.04. The van der Waals surface area contributed by atoms with Gasteiger partial charge in [-0.25, -0.2) is 4.98 Å². The lowest BCUT2D eigenvalue weighted by atomic mass is 10.3. The molecule has 0 spiro atoms. The van der Waals surface area contributed by atoms with E-state index in [1.165, 1.54) is 4.70 Å². The molecule has 0 saturated carbocycles. The van der Waals surface area contributed by atoms with E-state index in [1.807, 2.05) is 24.0 Å². The highest BCUT2D eigenvalue weighted by atomic mass is 32.1. The Morgan fingerprint density at radius 2 is 2.15 bits per heavy atom. The Kier molecular flexibility index (Phi) is 3.80. The smallest absolute Gasteiger partial charge is 0.111 e. The van der Waals surface area contributed by atoms with E-state index in [2.05, 4.69) is 46.6 Å². The lowest BCUT2D eigenvalue weighted by Gasteiger charge is -2.09. The van der Waals surface area contributed by atoms with Crippen LogP contribution in [-0.4, -0.2) is 21.3 Å². The molecule has 20 heavy (non-hydrogen) atoms. The molecule has 1 unspecified atom stereocenters. The predicted molar refractivity (Wildman–Crippen MR) is 82.9 cm³/mol. The molecule has 0 saturated heterocycles. The summed E-state index contributed by atoms with van der Waals surface area (Å²) in [5.41, 5.74) is 2.21. The van der Waals surface area contributed by atoms with Crippen LogP contribution in [0.2, 0.25) is 0 Å². The van der Waals surface area contributed by atoms with Crippen LogP contribution >= 0.6 is 11.3 Å². The highest BCUT2D eigenvalue weighted by molar-refractivity contribution is 7.18. The summed E-state index contributed by atoms with van der Waals surface area (Å²) in [5, 5.41) is 9.04. The maximum Gasteiger partial charge on any atom is 0.111 e. The molecule has 0 amide bonds. The van der Waals surface area contributed by atoms with E-state index >= 15 is 0 Å². The Balaban J connectivity index is 1.59. The Labute approximate surface area is 122 Å². The van der Waals surface area contributed by atoms with E-state index < -0.39 is 0 Å². The third-order valence-electron chi connectivity index (χ3n) is 3.28. The first-order valence-electron chi connectivity index (χ1n) is 6.80. The van der Waals surface area contributed by atoms with Crippen LogP contribution in [0.1, 0.15) is 23.7 Å². The van der Waals surface area contributed by atoms with Crippen LogP contribution in [0.3, 0.4) is 0 Å².